The van der Waals surface area contributed by atoms with E-state index in [0.29, 0.717) is 19.2 Å². The number of likely N-dealkylation sites (tertiary alicyclic amines) is 1. The summed E-state index contributed by atoms with van der Waals surface area (Å²) in [6, 6.07) is 6.58. The summed E-state index contributed by atoms with van der Waals surface area (Å²) < 4.78 is 11.0. The Bertz CT molecular complexity index is 577. The molecule has 1 aromatic rings. The van der Waals surface area contributed by atoms with Crippen molar-refractivity contribution >= 4 is 5.96 Å². The molecule has 0 aliphatic carbocycles. The normalized spacial score (nSPS) is 18.0. The molecule has 0 spiro atoms. The van der Waals surface area contributed by atoms with Gasteiger partial charge in [-0.3, -0.25) is 4.90 Å². The van der Waals surface area contributed by atoms with Crippen molar-refractivity contribution in [2.45, 2.75) is 46.2 Å². The number of aliphatic imine (C=N–C) groups is 1. The number of methoxy groups -OCH3 is 1. The number of nitrogens with one attached hydrogen (secondary N) is 2. The summed E-state index contributed by atoms with van der Waals surface area (Å²) in [5.41, 5.74) is 1.10. The monoisotopic (exact) mass is 362 g/mol. The Morgan fingerprint density at radius 1 is 1.23 bits per heavy atom. The van der Waals surface area contributed by atoms with Crippen LogP contribution < -0.4 is 20.1 Å². The van der Waals surface area contributed by atoms with Crippen LogP contribution in [0.2, 0.25) is 0 Å². The molecule has 1 atom stereocenters. The van der Waals surface area contributed by atoms with Gasteiger partial charge in [-0.1, -0.05) is 13.0 Å². The summed E-state index contributed by atoms with van der Waals surface area (Å²) in [6.07, 6.45) is 2.55. The summed E-state index contributed by atoms with van der Waals surface area (Å²) in [7, 11) is 1.66. The van der Waals surface area contributed by atoms with Crippen LogP contribution >= 0.6 is 0 Å². The van der Waals surface area contributed by atoms with Crippen molar-refractivity contribution in [3.05, 3.63) is 23.8 Å². The third-order valence-electron chi connectivity index (χ3n) is 4.70. The topological polar surface area (TPSA) is 58.1 Å². The fraction of sp³-hybridized carbons (Fsp3) is 0.650. The maximum atomic E-state index is 5.65. The SMILES string of the molecule is CCNC(=NCc1ccc(OC)c(OCC)c1)NCC1CCCN1CC. The number of guanidine groups is 1. The van der Waals surface area contributed by atoms with Crippen LogP contribution in [0.25, 0.3) is 0 Å². The average Bonchev–Trinajstić information content (AvgIpc) is 3.12. The predicted molar refractivity (Wildman–Crippen MR) is 107 cm³/mol. The van der Waals surface area contributed by atoms with Crippen molar-refractivity contribution in [1.82, 2.24) is 15.5 Å². The van der Waals surface area contributed by atoms with Gasteiger partial charge in [0.1, 0.15) is 0 Å². The van der Waals surface area contributed by atoms with E-state index in [0.717, 1.165) is 42.7 Å². The molecule has 1 aliphatic rings. The third kappa shape index (κ3) is 5.80. The van der Waals surface area contributed by atoms with Crippen LogP contribution in [0.5, 0.6) is 11.5 Å². The van der Waals surface area contributed by atoms with E-state index in [2.05, 4.69) is 29.4 Å². The van der Waals surface area contributed by atoms with E-state index in [1.165, 1.54) is 19.4 Å². The van der Waals surface area contributed by atoms with Crippen molar-refractivity contribution < 1.29 is 9.47 Å². The van der Waals surface area contributed by atoms with Gasteiger partial charge in [0.05, 0.1) is 20.3 Å². The largest absolute Gasteiger partial charge is 0.493 e. The molecule has 0 aromatic heterocycles. The molecule has 1 unspecified atom stereocenters. The van der Waals surface area contributed by atoms with Gasteiger partial charge in [0, 0.05) is 19.1 Å². The summed E-state index contributed by atoms with van der Waals surface area (Å²) in [5.74, 6) is 2.39. The lowest BCUT2D eigenvalue weighted by molar-refractivity contribution is 0.267. The van der Waals surface area contributed by atoms with Crippen LogP contribution in [-0.4, -0.2) is 56.8 Å². The molecular formula is C20H34N4O2. The Kier molecular flexibility index (Phi) is 8.54. The first-order valence-corrected chi connectivity index (χ1v) is 9.77. The van der Waals surface area contributed by atoms with E-state index in [1.807, 2.05) is 25.1 Å². The maximum Gasteiger partial charge on any atom is 0.191 e. The minimum atomic E-state index is 0.599. The maximum absolute atomic E-state index is 5.65. The minimum Gasteiger partial charge on any atom is -0.493 e. The van der Waals surface area contributed by atoms with E-state index in [1.54, 1.807) is 7.11 Å². The smallest absolute Gasteiger partial charge is 0.191 e. The van der Waals surface area contributed by atoms with Gasteiger partial charge in [0.2, 0.25) is 0 Å². The molecule has 6 heteroatoms. The lowest BCUT2D eigenvalue weighted by Gasteiger charge is -2.24. The van der Waals surface area contributed by atoms with E-state index < -0.39 is 0 Å². The summed E-state index contributed by atoms with van der Waals surface area (Å²) in [6.45, 7) is 11.6. The first-order chi connectivity index (χ1) is 12.7. The highest BCUT2D eigenvalue weighted by molar-refractivity contribution is 5.79. The van der Waals surface area contributed by atoms with Crippen LogP contribution in [0, 0.1) is 0 Å². The lowest BCUT2D eigenvalue weighted by Crippen LogP contribution is -2.44. The molecule has 146 valence electrons. The molecular weight excluding hydrogens is 328 g/mol. The van der Waals surface area contributed by atoms with Crippen LogP contribution in [-0.2, 0) is 6.54 Å². The second kappa shape index (κ2) is 10.9. The molecule has 6 nitrogen and oxygen atoms in total. The Hall–Kier alpha value is -1.95. The zero-order valence-corrected chi connectivity index (χ0v) is 16.7. The third-order valence-corrected chi connectivity index (χ3v) is 4.70. The molecule has 26 heavy (non-hydrogen) atoms. The fourth-order valence-electron chi connectivity index (χ4n) is 3.36. The van der Waals surface area contributed by atoms with Crippen molar-refractivity contribution in [3.8, 4) is 11.5 Å². The first kappa shape index (κ1) is 20.4. The number of nitrogens with zero attached hydrogens (tertiary/aromatic N) is 2. The molecule has 0 saturated carbocycles. The van der Waals surface area contributed by atoms with Crippen LogP contribution in [0.1, 0.15) is 39.2 Å². The second-order valence-electron chi connectivity index (χ2n) is 6.42. The molecule has 2 rings (SSSR count). The summed E-state index contributed by atoms with van der Waals surface area (Å²) >= 11 is 0. The van der Waals surface area contributed by atoms with Crippen molar-refractivity contribution in [2.24, 2.45) is 4.99 Å². The molecule has 2 N–H and O–H groups in total. The Morgan fingerprint density at radius 3 is 2.77 bits per heavy atom. The highest BCUT2D eigenvalue weighted by Gasteiger charge is 2.22. The number of likely N-dealkylation sites (N-methyl/N-ethyl adjacent to an activating group) is 1. The quantitative estimate of drug-likeness (QED) is 0.522. The molecule has 0 bridgehead atoms. The number of rotatable bonds is 9. The van der Waals surface area contributed by atoms with Gasteiger partial charge in [-0.25, -0.2) is 4.99 Å². The highest BCUT2D eigenvalue weighted by atomic mass is 16.5. The molecule has 1 fully saturated rings. The van der Waals surface area contributed by atoms with Crippen molar-refractivity contribution in [3.63, 3.8) is 0 Å². The predicted octanol–water partition coefficient (Wildman–Crippen LogP) is 2.63. The number of benzene rings is 1. The first-order valence-electron chi connectivity index (χ1n) is 9.77. The summed E-state index contributed by atoms with van der Waals surface area (Å²) in [5, 5.41) is 6.84. The number of hydrogen-bond donors (Lipinski definition) is 2. The van der Waals surface area contributed by atoms with E-state index in [4.69, 9.17) is 14.5 Å². The fourth-order valence-corrected chi connectivity index (χ4v) is 3.36. The molecule has 1 heterocycles. The van der Waals surface area contributed by atoms with Crippen LogP contribution in [0.4, 0.5) is 0 Å². The highest BCUT2D eigenvalue weighted by Crippen LogP contribution is 2.28. The number of hydrogen-bond acceptors (Lipinski definition) is 4. The Labute approximate surface area is 158 Å². The van der Waals surface area contributed by atoms with Crippen LogP contribution in [0.3, 0.4) is 0 Å². The van der Waals surface area contributed by atoms with Crippen LogP contribution in [0.15, 0.2) is 23.2 Å². The number of ether oxygens (including phenoxy) is 2. The van der Waals surface area contributed by atoms with E-state index in [-0.39, 0.29) is 0 Å². The zero-order chi connectivity index (χ0) is 18.8. The minimum absolute atomic E-state index is 0.599. The van der Waals surface area contributed by atoms with Gasteiger partial charge in [0.25, 0.3) is 0 Å². The standard InChI is InChI=1S/C20H34N4O2/c1-5-21-20(23-15-17-9-8-12-24(17)6-2)22-14-16-10-11-18(25-4)19(13-16)26-7-3/h10-11,13,17H,5-9,12,14-15H2,1-4H3,(H2,21,22,23). The molecule has 1 aromatic carbocycles. The van der Waals surface area contributed by atoms with Gasteiger partial charge < -0.3 is 20.1 Å². The van der Waals surface area contributed by atoms with Crippen molar-refractivity contribution in [1.29, 1.82) is 0 Å². The molecule has 0 radical (unpaired) electrons. The van der Waals surface area contributed by atoms with E-state index >= 15 is 0 Å². The van der Waals surface area contributed by atoms with Gasteiger partial charge >= 0.3 is 0 Å². The van der Waals surface area contributed by atoms with Gasteiger partial charge in [-0.15, -0.1) is 0 Å². The Morgan fingerprint density at radius 2 is 2.08 bits per heavy atom. The summed E-state index contributed by atoms with van der Waals surface area (Å²) in [4.78, 5) is 7.27. The second-order valence-corrected chi connectivity index (χ2v) is 6.42. The van der Waals surface area contributed by atoms with E-state index in [9.17, 15) is 0 Å². The van der Waals surface area contributed by atoms with Crippen molar-refractivity contribution in [2.75, 3.05) is 39.9 Å². The van der Waals surface area contributed by atoms with Gasteiger partial charge in [-0.2, -0.15) is 0 Å². The average molecular weight is 363 g/mol. The van der Waals surface area contributed by atoms with Gasteiger partial charge in [-0.05, 0) is 57.5 Å². The Balaban J connectivity index is 1.98. The molecule has 1 aliphatic heterocycles. The molecule has 0 amide bonds. The van der Waals surface area contributed by atoms with Gasteiger partial charge in [0.15, 0.2) is 17.5 Å². The molecule has 1 saturated heterocycles. The zero-order valence-electron chi connectivity index (χ0n) is 16.7. The lowest BCUT2D eigenvalue weighted by atomic mass is 10.2.